The molecule has 0 saturated heterocycles. The van der Waals surface area contributed by atoms with E-state index < -0.39 is 0 Å². The maximum atomic E-state index is 6.12. The van der Waals surface area contributed by atoms with Gasteiger partial charge in [-0.3, -0.25) is 0 Å². The fraction of sp³-hybridized carbons (Fsp3) is 0.273. The summed E-state index contributed by atoms with van der Waals surface area (Å²) in [6.07, 6.45) is 4.27. The van der Waals surface area contributed by atoms with Crippen LogP contribution in [-0.4, -0.2) is 11.2 Å². The van der Waals surface area contributed by atoms with Crippen molar-refractivity contribution in [2.45, 2.75) is 24.9 Å². The zero-order chi connectivity index (χ0) is 16.6. The van der Waals surface area contributed by atoms with Crippen LogP contribution in [0.4, 0.5) is 0 Å². The van der Waals surface area contributed by atoms with E-state index in [0.717, 1.165) is 12.8 Å². The molecule has 1 unspecified atom stereocenters. The first kappa shape index (κ1) is 15.2. The molecular weight excluding hydrogens is 294 g/mol. The third-order valence-electron chi connectivity index (χ3n) is 5.37. The number of benzene rings is 2. The van der Waals surface area contributed by atoms with Gasteiger partial charge in [-0.2, -0.15) is 0 Å². The number of aromatic nitrogens is 1. The molecule has 0 spiro atoms. The first-order chi connectivity index (χ1) is 11.7. The summed E-state index contributed by atoms with van der Waals surface area (Å²) in [4.78, 5) is 0. The standard InChI is InChI=1S/C22H23NO/c1-3-22(16-24-15-17-9-5-4-6-10-17)14-13-19-18-11-7-8-12-20(18)23(2)21(19)22/h3-12H,1,13-16H2,2H3. The lowest BCUT2D eigenvalue weighted by Gasteiger charge is -2.27. The second kappa shape index (κ2) is 5.95. The molecule has 1 aliphatic carbocycles. The van der Waals surface area contributed by atoms with E-state index >= 15 is 0 Å². The van der Waals surface area contributed by atoms with Gasteiger partial charge in [-0.05, 0) is 30.0 Å². The van der Waals surface area contributed by atoms with Crippen LogP contribution in [0.5, 0.6) is 0 Å². The summed E-state index contributed by atoms with van der Waals surface area (Å²) >= 11 is 0. The third kappa shape index (κ3) is 2.30. The monoisotopic (exact) mass is 317 g/mol. The Morgan fingerprint density at radius 3 is 2.67 bits per heavy atom. The van der Waals surface area contributed by atoms with Gasteiger partial charge in [0.1, 0.15) is 0 Å². The second-order valence-corrected chi connectivity index (χ2v) is 6.74. The predicted molar refractivity (Wildman–Crippen MR) is 99.2 cm³/mol. The first-order valence-corrected chi connectivity index (χ1v) is 8.57. The highest BCUT2D eigenvalue weighted by molar-refractivity contribution is 5.87. The fourth-order valence-electron chi connectivity index (χ4n) is 4.15. The number of ether oxygens (including phenoxy) is 1. The van der Waals surface area contributed by atoms with Crippen LogP contribution in [0.1, 0.15) is 23.2 Å². The SMILES string of the molecule is C=CC1(COCc2ccccc2)CCc2c1n(C)c1ccccc21. The second-order valence-electron chi connectivity index (χ2n) is 6.74. The molecule has 0 bridgehead atoms. The van der Waals surface area contributed by atoms with Crippen LogP contribution in [0, 0.1) is 0 Å². The highest BCUT2D eigenvalue weighted by Crippen LogP contribution is 2.44. The molecule has 0 fully saturated rings. The number of para-hydroxylation sites is 1. The predicted octanol–water partition coefficient (Wildman–Crippen LogP) is 4.77. The average molecular weight is 317 g/mol. The van der Waals surface area contributed by atoms with E-state index in [1.807, 2.05) is 6.07 Å². The summed E-state index contributed by atoms with van der Waals surface area (Å²) in [5, 5.41) is 1.38. The van der Waals surface area contributed by atoms with Gasteiger partial charge < -0.3 is 9.30 Å². The molecule has 0 saturated carbocycles. The van der Waals surface area contributed by atoms with Crippen LogP contribution >= 0.6 is 0 Å². The molecule has 1 atom stereocenters. The molecule has 4 rings (SSSR count). The molecule has 2 heteroatoms. The van der Waals surface area contributed by atoms with Crippen LogP contribution in [-0.2, 0) is 30.2 Å². The molecule has 3 aromatic rings. The van der Waals surface area contributed by atoms with E-state index in [9.17, 15) is 0 Å². The Balaban J connectivity index is 1.64. The van der Waals surface area contributed by atoms with E-state index in [2.05, 4.69) is 72.8 Å². The third-order valence-corrected chi connectivity index (χ3v) is 5.37. The summed E-state index contributed by atoms with van der Waals surface area (Å²) in [6.45, 7) is 5.49. The van der Waals surface area contributed by atoms with Crippen LogP contribution in [0.15, 0.2) is 67.3 Å². The Hall–Kier alpha value is -2.32. The highest BCUT2D eigenvalue weighted by Gasteiger charge is 2.40. The van der Waals surface area contributed by atoms with Crippen molar-refractivity contribution in [2.24, 2.45) is 7.05 Å². The van der Waals surface area contributed by atoms with E-state index in [1.54, 1.807) is 0 Å². The van der Waals surface area contributed by atoms with Gasteiger partial charge in [-0.1, -0.05) is 54.6 Å². The zero-order valence-corrected chi connectivity index (χ0v) is 14.2. The van der Waals surface area contributed by atoms with Crippen molar-refractivity contribution in [3.05, 3.63) is 84.1 Å². The summed E-state index contributed by atoms with van der Waals surface area (Å²) in [7, 11) is 2.17. The van der Waals surface area contributed by atoms with E-state index in [4.69, 9.17) is 4.74 Å². The van der Waals surface area contributed by atoms with E-state index in [0.29, 0.717) is 13.2 Å². The smallest absolute Gasteiger partial charge is 0.0717 e. The molecule has 0 aliphatic heterocycles. The molecule has 2 aromatic carbocycles. The molecule has 24 heavy (non-hydrogen) atoms. The summed E-state index contributed by atoms with van der Waals surface area (Å²) < 4.78 is 8.46. The van der Waals surface area contributed by atoms with Crippen LogP contribution < -0.4 is 0 Å². The Kier molecular flexibility index (Phi) is 3.78. The topological polar surface area (TPSA) is 14.2 Å². The van der Waals surface area contributed by atoms with Crippen molar-refractivity contribution in [3.8, 4) is 0 Å². The number of nitrogens with zero attached hydrogens (tertiary/aromatic N) is 1. The van der Waals surface area contributed by atoms with Gasteiger partial charge in [-0.25, -0.2) is 0 Å². The molecule has 0 N–H and O–H groups in total. The van der Waals surface area contributed by atoms with Gasteiger partial charge in [0.05, 0.1) is 18.6 Å². The number of fused-ring (bicyclic) bond motifs is 3. The quantitative estimate of drug-likeness (QED) is 0.619. The van der Waals surface area contributed by atoms with Crippen molar-refractivity contribution >= 4 is 10.9 Å². The normalized spacial score (nSPS) is 19.5. The molecule has 2 nitrogen and oxygen atoms in total. The van der Waals surface area contributed by atoms with Crippen LogP contribution in [0.25, 0.3) is 10.9 Å². The van der Waals surface area contributed by atoms with Crippen LogP contribution in [0.3, 0.4) is 0 Å². The lowest BCUT2D eigenvalue weighted by atomic mass is 9.86. The molecule has 1 heterocycles. The van der Waals surface area contributed by atoms with E-state index in [-0.39, 0.29) is 5.41 Å². The fourth-order valence-corrected chi connectivity index (χ4v) is 4.15. The summed E-state index contributed by atoms with van der Waals surface area (Å²) in [5.41, 5.74) is 5.28. The van der Waals surface area contributed by atoms with Gasteiger partial charge in [0.25, 0.3) is 0 Å². The van der Waals surface area contributed by atoms with Crippen molar-refractivity contribution in [1.29, 1.82) is 0 Å². The molecule has 0 radical (unpaired) electrons. The zero-order valence-electron chi connectivity index (χ0n) is 14.2. The molecular formula is C22H23NO. The maximum absolute atomic E-state index is 6.12. The Labute approximate surface area is 143 Å². The Morgan fingerprint density at radius 1 is 1.12 bits per heavy atom. The highest BCUT2D eigenvalue weighted by atomic mass is 16.5. The van der Waals surface area contributed by atoms with Crippen molar-refractivity contribution in [1.82, 2.24) is 4.57 Å². The minimum absolute atomic E-state index is 0.0854. The van der Waals surface area contributed by atoms with Crippen molar-refractivity contribution in [3.63, 3.8) is 0 Å². The summed E-state index contributed by atoms with van der Waals surface area (Å²) in [6, 6.07) is 19.0. The average Bonchev–Trinajstić information content (AvgIpc) is 3.14. The number of rotatable bonds is 5. The number of hydrogen-bond acceptors (Lipinski definition) is 1. The molecule has 0 amide bonds. The van der Waals surface area contributed by atoms with Crippen LogP contribution in [0.2, 0.25) is 0 Å². The Morgan fingerprint density at radius 2 is 1.88 bits per heavy atom. The lowest BCUT2D eigenvalue weighted by Crippen LogP contribution is -2.29. The lowest BCUT2D eigenvalue weighted by molar-refractivity contribution is 0.0843. The minimum Gasteiger partial charge on any atom is -0.375 e. The maximum Gasteiger partial charge on any atom is 0.0717 e. The largest absolute Gasteiger partial charge is 0.375 e. The molecule has 1 aromatic heterocycles. The minimum atomic E-state index is -0.0854. The first-order valence-electron chi connectivity index (χ1n) is 8.57. The van der Waals surface area contributed by atoms with E-state index in [1.165, 1.54) is 27.7 Å². The van der Waals surface area contributed by atoms with Gasteiger partial charge in [0, 0.05) is 23.6 Å². The number of aryl methyl sites for hydroxylation is 2. The van der Waals surface area contributed by atoms with Gasteiger partial charge in [0.2, 0.25) is 0 Å². The number of hydrogen-bond donors (Lipinski definition) is 0. The van der Waals surface area contributed by atoms with Crippen molar-refractivity contribution < 1.29 is 4.74 Å². The Bertz CT molecular complexity index is 878. The summed E-state index contributed by atoms with van der Waals surface area (Å²) in [5.74, 6) is 0. The van der Waals surface area contributed by atoms with Crippen molar-refractivity contribution in [2.75, 3.05) is 6.61 Å². The van der Waals surface area contributed by atoms with Gasteiger partial charge in [0.15, 0.2) is 0 Å². The molecule has 1 aliphatic rings. The van der Waals surface area contributed by atoms with Gasteiger partial charge >= 0.3 is 0 Å². The van der Waals surface area contributed by atoms with Gasteiger partial charge in [-0.15, -0.1) is 6.58 Å². The molecule has 122 valence electrons.